The maximum atomic E-state index is 11.7. The van der Waals surface area contributed by atoms with Gasteiger partial charge in [-0.2, -0.15) is 0 Å². The Morgan fingerprint density at radius 2 is 1.82 bits per heavy atom. The number of phenols is 1. The van der Waals surface area contributed by atoms with Gasteiger partial charge >= 0.3 is 0 Å². The van der Waals surface area contributed by atoms with Gasteiger partial charge in [-0.3, -0.25) is 4.79 Å². The molecule has 1 aromatic rings. The van der Waals surface area contributed by atoms with E-state index in [0.29, 0.717) is 5.69 Å². The molecule has 4 nitrogen and oxygen atoms in total. The number of nitrogens with two attached hydrogens (primary N) is 1. The molecule has 0 aromatic heterocycles. The highest BCUT2D eigenvalue weighted by Gasteiger charge is 2.18. The molecule has 0 aliphatic carbocycles. The second-order valence-corrected chi connectivity index (χ2v) is 4.86. The fourth-order valence-corrected chi connectivity index (χ4v) is 1.65. The molecule has 0 spiro atoms. The molecule has 17 heavy (non-hydrogen) atoms. The Morgan fingerprint density at radius 3 is 2.24 bits per heavy atom. The molecule has 0 unspecified atom stereocenters. The van der Waals surface area contributed by atoms with Crippen molar-refractivity contribution in [1.82, 2.24) is 0 Å². The monoisotopic (exact) mass is 276 g/mol. The fraction of sp³-hybridized carbons (Fsp3) is 0.364. The van der Waals surface area contributed by atoms with Gasteiger partial charge in [0.2, 0.25) is 5.91 Å². The van der Waals surface area contributed by atoms with E-state index in [-0.39, 0.29) is 27.6 Å². The average molecular weight is 277 g/mol. The van der Waals surface area contributed by atoms with Crippen LogP contribution in [0.4, 0.5) is 5.69 Å². The zero-order valence-corrected chi connectivity index (χ0v) is 11.0. The van der Waals surface area contributed by atoms with E-state index >= 15 is 0 Å². The van der Waals surface area contributed by atoms with Crippen LogP contribution in [0.3, 0.4) is 0 Å². The van der Waals surface area contributed by atoms with Crippen LogP contribution in [-0.2, 0) is 4.79 Å². The number of hydrogen-bond donors (Lipinski definition) is 3. The predicted molar refractivity (Wildman–Crippen MR) is 69.6 cm³/mol. The largest absolute Gasteiger partial charge is 0.505 e. The number of phenolic OH excluding ortho intramolecular Hbond substituents is 1. The molecule has 0 bridgehead atoms. The van der Waals surface area contributed by atoms with Crippen LogP contribution < -0.4 is 11.1 Å². The van der Waals surface area contributed by atoms with Gasteiger partial charge in [-0.1, -0.05) is 37.0 Å². The van der Waals surface area contributed by atoms with Crippen LogP contribution in [0.25, 0.3) is 0 Å². The number of hydrogen-bond acceptors (Lipinski definition) is 3. The summed E-state index contributed by atoms with van der Waals surface area (Å²) in [5.74, 6) is -0.504. The molecule has 1 amide bonds. The Labute approximate surface area is 110 Å². The van der Waals surface area contributed by atoms with Crippen LogP contribution >= 0.6 is 23.2 Å². The van der Waals surface area contributed by atoms with E-state index in [1.165, 1.54) is 12.1 Å². The number of benzene rings is 1. The number of carbonyl (C=O) groups excluding carboxylic acids is 1. The van der Waals surface area contributed by atoms with Crippen LogP contribution in [0.1, 0.15) is 13.8 Å². The number of amides is 1. The van der Waals surface area contributed by atoms with E-state index in [0.717, 1.165) is 0 Å². The van der Waals surface area contributed by atoms with Gasteiger partial charge in [0.1, 0.15) is 0 Å². The van der Waals surface area contributed by atoms with Crippen molar-refractivity contribution >= 4 is 34.8 Å². The number of aromatic hydroxyl groups is 1. The molecule has 0 heterocycles. The Morgan fingerprint density at radius 1 is 1.35 bits per heavy atom. The van der Waals surface area contributed by atoms with Crippen molar-refractivity contribution in [2.45, 2.75) is 19.9 Å². The van der Waals surface area contributed by atoms with Crippen molar-refractivity contribution in [3.05, 3.63) is 22.2 Å². The van der Waals surface area contributed by atoms with Crippen molar-refractivity contribution in [1.29, 1.82) is 0 Å². The van der Waals surface area contributed by atoms with Gasteiger partial charge in [0.15, 0.2) is 5.75 Å². The Balaban J connectivity index is 2.86. The van der Waals surface area contributed by atoms with E-state index in [4.69, 9.17) is 28.9 Å². The summed E-state index contributed by atoms with van der Waals surface area (Å²) < 4.78 is 0. The molecular weight excluding hydrogens is 263 g/mol. The maximum Gasteiger partial charge on any atom is 0.241 e. The van der Waals surface area contributed by atoms with Gasteiger partial charge in [-0.05, 0) is 18.1 Å². The molecule has 0 aliphatic heterocycles. The predicted octanol–water partition coefficient (Wildman–Crippen LogP) is 2.62. The second-order valence-electron chi connectivity index (χ2n) is 4.05. The van der Waals surface area contributed by atoms with Crippen LogP contribution in [0.15, 0.2) is 12.1 Å². The lowest BCUT2D eigenvalue weighted by Gasteiger charge is -2.15. The Hall–Kier alpha value is -0.970. The van der Waals surface area contributed by atoms with Crippen molar-refractivity contribution in [3.63, 3.8) is 0 Å². The minimum atomic E-state index is -0.610. The minimum absolute atomic E-state index is 0.0260. The third-order valence-electron chi connectivity index (χ3n) is 2.31. The van der Waals surface area contributed by atoms with Gasteiger partial charge in [0.05, 0.1) is 16.1 Å². The summed E-state index contributed by atoms with van der Waals surface area (Å²) in [4.78, 5) is 11.7. The van der Waals surface area contributed by atoms with Gasteiger partial charge in [-0.25, -0.2) is 0 Å². The zero-order chi connectivity index (χ0) is 13.2. The summed E-state index contributed by atoms with van der Waals surface area (Å²) in [6.45, 7) is 3.70. The highest BCUT2D eigenvalue weighted by molar-refractivity contribution is 6.37. The normalized spacial score (nSPS) is 12.6. The highest BCUT2D eigenvalue weighted by Crippen LogP contribution is 2.34. The van der Waals surface area contributed by atoms with Gasteiger partial charge in [-0.15, -0.1) is 0 Å². The first-order valence-electron chi connectivity index (χ1n) is 5.07. The SMILES string of the molecule is CC(C)[C@H](N)C(=O)Nc1cc(Cl)c(O)c(Cl)c1. The lowest BCUT2D eigenvalue weighted by molar-refractivity contribution is -0.118. The smallest absolute Gasteiger partial charge is 0.241 e. The van der Waals surface area contributed by atoms with E-state index in [1.54, 1.807) is 0 Å². The van der Waals surface area contributed by atoms with Gasteiger partial charge in [0, 0.05) is 5.69 Å². The number of nitrogens with one attached hydrogen (secondary N) is 1. The summed E-state index contributed by atoms with van der Waals surface area (Å²) in [6, 6.07) is 2.21. The summed E-state index contributed by atoms with van der Waals surface area (Å²) in [6.07, 6.45) is 0. The molecule has 1 atom stereocenters. The maximum absolute atomic E-state index is 11.7. The summed E-state index contributed by atoms with van der Waals surface area (Å²) in [7, 11) is 0. The van der Waals surface area contributed by atoms with Crippen molar-refractivity contribution in [2.24, 2.45) is 11.7 Å². The molecule has 94 valence electrons. The van der Waals surface area contributed by atoms with Crippen molar-refractivity contribution in [2.75, 3.05) is 5.32 Å². The van der Waals surface area contributed by atoms with Crippen LogP contribution in [0, 0.1) is 5.92 Å². The Bertz CT molecular complexity index is 412. The molecule has 1 rings (SSSR count). The van der Waals surface area contributed by atoms with Gasteiger partial charge < -0.3 is 16.2 Å². The molecule has 0 aliphatic rings. The number of rotatable bonds is 3. The first-order valence-corrected chi connectivity index (χ1v) is 5.83. The molecule has 0 saturated heterocycles. The molecular formula is C11H14Cl2N2O2. The fourth-order valence-electron chi connectivity index (χ4n) is 1.17. The quantitative estimate of drug-likeness (QED) is 0.743. The molecule has 6 heteroatoms. The average Bonchev–Trinajstić information content (AvgIpc) is 2.24. The van der Waals surface area contributed by atoms with E-state index in [1.807, 2.05) is 13.8 Å². The van der Waals surface area contributed by atoms with Crippen molar-refractivity contribution in [3.8, 4) is 5.75 Å². The Kier molecular flexibility index (Phi) is 4.62. The van der Waals surface area contributed by atoms with Crippen LogP contribution in [0.2, 0.25) is 10.0 Å². The third-order valence-corrected chi connectivity index (χ3v) is 2.88. The van der Waals surface area contributed by atoms with E-state index < -0.39 is 6.04 Å². The molecule has 0 saturated carbocycles. The minimum Gasteiger partial charge on any atom is -0.505 e. The topological polar surface area (TPSA) is 75.4 Å². The number of anilines is 1. The lowest BCUT2D eigenvalue weighted by Crippen LogP contribution is -2.39. The number of halogens is 2. The second kappa shape index (κ2) is 5.58. The standard InChI is InChI=1S/C11H14Cl2N2O2/c1-5(2)9(14)11(17)15-6-3-7(12)10(16)8(13)4-6/h3-5,9,16H,14H2,1-2H3,(H,15,17)/t9-/m0/s1. The summed E-state index contributed by atoms with van der Waals surface area (Å²) in [5.41, 5.74) is 6.09. The van der Waals surface area contributed by atoms with Crippen LogP contribution in [-0.4, -0.2) is 17.1 Å². The first kappa shape index (κ1) is 14.1. The third kappa shape index (κ3) is 3.49. The highest BCUT2D eigenvalue weighted by atomic mass is 35.5. The summed E-state index contributed by atoms with van der Waals surface area (Å²) in [5, 5.41) is 12.1. The van der Waals surface area contributed by atoms with E-state index in [2.05, 4.69) is 5.32 Å². The summed E-state index contributed by atoms with van der Waals surface area (Å²) >= 11 is 11.5. The molecule has 0 radical (unpaired) electrons. The molecule has 0 fully saturated rings. The zero-order valence-electron chi connectivity index (χ0n) is 9.50. The van der Waals surface area contributed by atoms with Gasteiger partial charge in [0.25, 0.3) is 0 Å². The van der Waals surface area contributed by atoms with Crippen LogP contribution in [0.5, 0.6) is 5.75 Å². The molecule has 1 aromatic carbocycles. The lowest BCUT2D eigenvalue weighted by atomic mass is 10.0. The first-order chi connectivity index (χ1) is 7.82. The molecule has 4 N–H and O–H groups in total. The van der Waals surface area contributed by atoms with E-state index in [9.17, 15) is 9.90 Å². The number of carbonyl (C=O) groups is 1. The van der Waals surface area contributed by atoms with Crippen molar-refractivity contribution < 1.29 is 9.90 Å².